The Morgan fingerprint density at radius 3 is 2.41 bits per heavy atom. The van der Waals surface area contributed by atoms with Gasteiger partial charge < -0.3 is 15.4 Å². The van der Waals surface area contributed by atoms with Gasteiger partial charge >= 0.3 is 0 Å². The summed E-state index contributed by atoms with van der Waals surface area (Å²) >= 11 is 0. The second-order valence-electron chi connectivity index (χ2n) is 7.40. The number of hydrogen-bond donors (Lipinski definition) is 2. The molecule has 0 radical (unpaired) electrons. The third-order valence-corrected chi connectivity index (χ3v) is 5.69. The number of rotatable bonds is 12. The van der Waals surface area contributed by atoms with Crippen molar-refractivity contribution < 1.29 is 4.74 Å². The van der Waals surface area contributed by atoms with Crippen molar-refractivity contribution in [1.82, 2.24) is 15.5 Å². The molecule has 1 fully saturated rings. The highest BCUT2D eigenvalue weighted by atomic mass is 16.5. The average Bonchev–Trinajstić information content (AvgIpc) is 3.48. The van der Waals surface area contributed by atoms with E-state index in [1.54, 1.807) is 0 Å². The zero-order chi connectivity index (χ0) is 19.5. The van der Waals surface area contributed by atoms with Crippen LogP contribution in [-0.2, 0) is 4.74 Å². The van der Waals surface area contributed by atoms with Crippen LogP contribution in [0.5, 0.6) is 0 Å². The third kappa shape index (κ3) is 6.82. The molecule has 5 heteroatoms. The molecule has 2 N–H and O–H groups in total. The lowest BCUT2D eigenvalue weighted by Gasteiger charge is -2.31. The molecule has 5 nitrogen and oxygen atoms in total. The summed E-state index contributed by atoms with van der Waals surface area (Å²) in [6, 6.07) is 11.1. The van der Waals surface area contributed by atoms with Crippen molar-refractivity contribution in [3.8, 4) is 0 Å². The Kier molecular flexibility index (Phi) is 9.08. The lowest BCUT2D eigenvalue weighted by molar-refractivity contribution is 0.128. The standard InChI is InChI=1S/C22H38N4O/c1-5-26(6-2)20(19-11-9-8-10-12-19)17-24-21(23-4)25-18-22(13-14-22)15-16-27-7-3/h8-12,20H,5-7,13-18H2,1-4H3,(H2,23,24,25). The molecule has 27 heavy (non-hydrogen) atoms. The molecule has 2 rings (SSSR count). The summed E-state index contributed by atoms with van der Waals surface area (Å²) in [5.74, 6) is 0.894. The molecule has 0 aliphatic heterocycles. The van der Waals surface area contributed by atoms with Gasteiger partial charge in [-0.15, -0.1) is 0 Å². The van der Waals surface area contributed by atoms with E-state index >= 15 is 0 Å². The third-order valence-electron chi connectivity index (χ3n) is 5.69. The monoisotopic (exact) mass is 374 g/mol. The van der Waals surface area contributed by atoms with Crippen molar-refractivity contribution in [1.29, 1.82) is 0 Å². The predicted molar refractivity (Wildman–Crippen MR) is 114 cm³/mol. The number of ether oxygens (including phenoxy) is 1. The normalized spacial score (nSPS) is 17.0. The van der Waals surface area contributed by atoms with Crippen molar-refractivity contribution >= 4 is 5.96 Å². The molecule has 1 aromatic rings. The molecule has 0 bridgehead atoms. The largest absolute Gasteiger partial charge is 0.382 e. The number of guanidine groups is 1. The van der Waals surface area contributed by atoms with Crippen LogP contribution in [0.4, 0.5) is 0 Å². The van der Waals surface area contributed by atoms with E-state index in [0.717, 1.165) is 51.8 Å². The molecule has 1 saturated carbocycles. The minimum atomic E-state index is 0.340. The van der Waals surface area contributed by atoms with Crippen LogP contribution >= 0.6 is 0 Å². The minimum Gasteiger partial charge on any atom is -0.382 e. The maximum absolute atomic E-state index is 5.54. The Morgan fingerprint density at radius 2 is 1.85 bits per heavy atom. The number of nitrogens with zero attached hydrogens (tertiary/aromatic N) is 2. The van der Waals surface area contributed by atoms with E-state index in [1.165, 1.54) is 18.4 Å². The van der Waals surface area contributed by atoms with E-state index in [0.29, 0.717) is 11.5 Å². The molecule has 0 aromatic heterocycles. The quantitative estimate of drug-likeness (QED) is 0.334. The van der Waals surface area contributed by atoms with Gasteiger partial charge in [-0.05, 0) is 50.3 Å². The average molecular weight is 375 g/mol. The highest BCUT2D eigenvalue weighted by Gasteiger charge is 2.41. The Balaban J connectivity index is 1.88. The summed E-state index contributed by atoms with van der Waals surface area (Å²) in [7, 11) is 1.85. The minimum absolute atomic E-state index is 0.340. The van der Waals surface area contributed by atoms with Gasteiger partial charge in [-0.3, -0.25) is 9.89 Å². The van der Waals surface area contributed by atoms with Crippen molar-refractivity contribution in [3.05, 3.63) is 35.9 Å². The Hall–Kier alpha value is -1.59. The summed E-state index contributed by atoms with van der Waals surface area (Å²) in [6.45, 7) is 12.1. The van der Waals surface area contributed by atoms with Crippen LogP contribution in [0.2, 0.25) is 0 Å². The molecule has 152 valence electrons. The van der Waals surface area contributed by atoms with E-state index in [2.05, 4.69) is 71.6 Å². The molecule has 0 saturated heterocycles. The van der Waals surface area contributed by atoms with Crippen molar-refractivity contribution in [2.45, 2.75) is 46.1 Å². The van der Waals surface area contributed by atoms with Gasteiger partial charge in [0.2, 0.25) is 0 Å². The van der Waals surface area contributed by atoms with Gasteiger partial charge in [0.15, 0.2) is 5.96 Å². The fourth-order valence-corrected chi connectivity index (χ4v) is 3.61. The first-order chi connectivity index (χ1) is 13.2. The lowest BCUT2D eigenvalue weighted by atomic mass is 10.0. The fourth-order valence-electron chi connectivity index (χ4n) is 3.61. The van der Waals surface area contributed by atoms with Gasteiger partial charge in [-0.2, -0.15) is 0 Å². The Bertz CT molecular complexity index is 553. The molecular weight excluding hydrogens is 336 g/mol. The van der Waals surface area contributed by atoms with E-state index in [9.17, 15) is 0 Å². The molecule has 1 aliphatic rings. The SMILES string of the molecule is CCOCCC1(CNC(=NC)NCC(c2ccccc2)N(CC)CC)CC1. The van der Waals surface area contributed by atoms with Gasteiger partial charge in [0.05, 0.1) is 6.04 Å². The number of aliphatic imine (C=N–C) groups is 1. The van der Waals surface area contributed by atoms with Crippen LogP contribution in [0.15, 0.2) is 35.3 Å². The van der Waals surface area contributed by atoms with Crippen molar-refractivity contribution in [2.24, 2.45) is 10.4 Å². The second-order valence-corrected chi connectivity index (χ2v) is 7.40. The van der Waals surface area contributed by atoms with Gasteiger partial charge in [-0.25, -0.2) is 0 Å². The number of likely N-dealkylation sites (N-methyl/N-ethyl adjacent to an activating group) is 1. The summed E-state index contributed by atoms with van der Waals surface area (Å²) in [5.41, 5.74) is 1.75. The van der Waals surface area contributed by atoms with Crippen molar-refractivity contribution in [3.63, 3.8) is 0 Å². The van der Waals surface area contributed by atoms with E-state index in [1.807, 2.05) is 7.05 Å². The van der Waals surface area contributed by atoms with E-state index in [-0.39, 0.29) is 0 Å². The maximum Gasteiger partial charge on any atom is 0.191 e. The van der Waals surface area contributed by atoms with Crippen LogP contribution in [0, 0.1) is 5.41 Å². The van der Waals surface area contributed by atoms with Crippen LogP contribution < -0.4 is 10.6 Å². The van der Waals surface area contributed by atoms with Crippen LogP contribution in [0.1, 0.15) is 51.6 Å². The Labute approximate surface area is 165 Å². The number of benzene rings is 1. The highest BCUT2D eigenvalue weighted by Crippen LogP contribution is 2.48. The summed E-state index contributed by atoms with van der Waals surface area (Å²) in [6.07, 6.45) is 3.71. The molecule has 1 aliphatic carbocycles. The molecular formula is C22H38N4O. The zero-order valence-corrected chi connectivity index (χ0v) is 17.6. The molecule has 0 heterocycles. The van der Waals surface area contributed by atoms with Gasteiger partial charge in [0.25, 0.3) is 0 Å². The number of hydrogen-bond acceptors (Lipinski definition) is 3. The molecule has 1 unspecified atom stereocenters. The number of nitrogens with one attached hydrogen (secondary N) is 2. The lowest BCUT2D eigenvalue weighted by Crippen LogP contribution is -2.44. The van der Waals surface area contributed by atoms with Crippen LogP contribution in [0.25, 0.3) is 0 Å². The van der Waals surface area contributed by atoms with Gasteiger partial charge in [0.1, 0.15) is 0 Å². The maximum atomic E-state index is 5.54. The zero-order valence-electron chi connectivity index (χ0n) is 17.6. The van der Waals surface area contributed by atoms with Crippen molar-refractivity contribution in [2.75, 3.05) is 46.4 Å². The summed E-state index contributed by atoms with van der Waals surface area (Å²) < 4.78 is 5.54. The first-order valence-corrected chi connectivity index (χ1v) is 10.5. The second kappa shape index (κ2) is 11.3. The summed E-state index contributed by atoms with van der Waals surface area (Å²) in [5, 5.41) is 7.10. The van der Waals surface area contributed by atoms with Crippen LogP contribution in [-0.4, -0.2) is 57.3 Å². The highest BCUT2D eigenvalue weighted by molar-refractivity contribution is 5.79. The molecule has 1 atom stereocenters. The van der Waals surface area contributed by atoms with Gasteiger partial charge in [0, 0.05) is 33.4 Å². The van der Waals surface area contributed by atoms with Gasteiger partial charge in [-0.1, -0.05) is 44.2 Å². The van der Waals surface area contributed by atoms with E-state index < -0.39 is 0 Å². The smallest absolute Gasteiger partial charge is 0.191 e. The van der Waals surface area contributed by atoms with Crippen LogP contribution in [0.3, 0.4) is 0 Å². The Morgan fingerprint density at radius 1 is 1.15 bits per heavy atom. The molecule has 0 spiro atoms. The first-order valence-electron chi connectivity index (χ1n) is 10.5. The molecule has 0 amide bonds. The predicted octanol–water partition coefficient (Wildman–Crippen LogP) is 3.44. The van der Waals surface area contributed by atoms with E-state index in [4.69, 9.17) is 4.74 Å². The topological polar surface area (TPSA) is 48.9 Å². The molecule has 1 aromatic carbocycles. The fraction of sp³-hybridized carbons (Fsp3) is 0.682. The summed E-state index contributed by atoms with van der Waals surface area (Å²) in [4.78, 5) is 6.92. The first kappa shape index (κ1) is 21.7.